The molecule has 166 valence electrons. The van der Waals surface area contributed by atoms with E-state index in [2.05, 4.69) is 23.5 Å². The second-order valence-corrected chi connectivity index (χ2v) is 9.80. The van der Waals surface area contributed by atoms with Crippen LogP contribution in [0.4, 0.5) is 0 Å². The Labute approximate surface area is 192 Å². The predicted octanol–water partition coefficient (Wildman–Crippen LogP) is 4.13. The molecule has 1 atom stereocenters. The van der Waals surface area contributed by atoms with Crippen molar-refractivity contribution >= 4 is 33.2 Å². The highest BCUT2D eigenvalue weighted by Gasteiger charge is 2.33. The SMILES string of the molecule is O=C(NCCO)c1sc2ccccc2c1[C@@H]1CCN(C(=O)c2ccc3c(c2)CCCC3)C1. The van der Waals surface area contributed by atoms with E-state index in [1.807, 2.05) is 29.2 Å². The summed E-state index contributed by atoms with van der Waals surface area (Å²) in [6, 6.07) is 14.3. The van der Waals surface area contributed by atoms with Crippen LogP contribution in [-0.4, -0.2) is 48.1 Å². The molecule has 2 aliphatic rings. The molecular formula is C26H28N2O3S. The molecule has 1 saturated heterocycles. The molecule has 1 aromatic heterocycles. The number of carbonyl (C=O) groups is 2. The largest absolute Gasteiger partial charge is 0.395 e. The van der Waals surface area contributed by atoms with Crippen molar-refractivity contribution in [2.75, 3.05) is 26.2 Å². The number of likely N-dealkylation sites (tertiary alicyclic amines) is 1. The maximum atomic E-state index is 13.3. The average molecular weight is 449 g/mol. The fourth-order valence-electron chi connectivity index (χ4n) is 5.12. The van der Waals surface area contributed by atoms with Crippen LogP contribution < -0.4 is 5.32 Å². The molecule has 1 fully saturated rings. The first-order chi connectivity index (χ1) is 15.7. The summed E-state index contributed by atoms with van der Waals surface area (Å²) in [6.45, 7) is 1.47. The number of hydrogen-bond acceptors (Lipinski definition) is 4. The van der Waals surface area contributed by atoms with E-state index < -0.39 is 0 Å². The summed E-state index contributed by atoms with van der Waals surface area (Å²) in [6.07, 6.45) is 5.45. The standard InChI is InChI=1S/C26H28N2O3S/c29-14-12-27-25(30)24-23(21-7-3-4-8-22(21)32-24)20-11-13-28(16-20)26(31)19-10-9-17-5-1-2-6-18(17)15-19/h3-4,7-10,15,20,29H,1-2,5-6,11-14,16H2,(H,27,30)/t20-/m1/s1. The fourth-order valence-corrected chi connectivity index (χ4v) is 6.32. The van der Waals surface area contributed by atoms with Crippen molar-refractivity contribution in [3.8, 4) is 0 Å². The third kappa shape index (κ3) is 3.93. The van der Waals surface area contributed by atoms with Crippen LogP contribution in [0.25, 0.3) is 10.1 Å². The number of benzene rings is 2. The van der Waals surface area contributed by atoms with Crippen LogP contribution in [0.3, 0.4) is 0 Å². The number of aliphatic hydroxyl groups excluding tert-OH is 1. The number of aryl methyl sites for hydroxylation is 2. The lowest BCUT2D eigenvalue weighted by molar-refractivity contribution is 0.0790. The van der Waals surface area contributed by atoms with Gasteiger partial charge in [0.05, 0.1) is 11.5 Å². The highest BCUT2D eigenvalue weighted by atomic mass is 32.1. The summed E-state index contributed by atoms with van der Waals surface area (Å²) < 4.78 is 1.08. The molecule has 3 aromatic rings. The lowest BCUT2D eigenvalue weighted by Gasteiger charge is -2.20. The zero-order valence-electron chi connectivity index (χ0n) is 18.1. The van der Waals surface area contributed by atoms with Gasteiger partial charge in [0.15, 0.2) is 0 Å². The van der Waals surface area contributed by atoms with Crippen molar-refractivity contribution in [3.05, 3.63) is 69.6 Å². The van der Waals surface area contributed by atoms with Crippen molar-refractivity contribution in [1.82, 2.24) is 10.2 Å². The number of nitrogens with one attached hydrogen (secondary N) is 1. The zero-order valence-corrected chi connectivity index (χ0v) is 18.9. The molecule has 0 spiro atoms. The number of aliphatic hydroxyl groups is 1. The summed E-state index contributed by atoms with van der Waals surface area (Å²) in [5, 5.41) is 13.0. The fraction of sp³-hybridized carbons (Fsp3) is 0.385. The molecule has 0 saturated carbocycles. The number of amides is 2. The van der Waals surface area contributed by atoms with Crippen molar-refractivity contribution in [3.63, 3.8) is 0 Å². The number of fused-ring (bicyclic) bond motifs is 2. The zero-order chi connectivity index (χ0) is 22.1. The number of thiophene rings is 1. The topological polar surface area (TPSA) is 69.6 Å². The van der Waals surface area contributed by atoms with Gasteiger partial charge in [-0.2, -0.15) is 0 Å². The van der Waals surface area contributed by atoms with Gasteiger partial charge in [-0.3, -0.25) is 9.59 Å². The van der Waals surface area contributed by atoms with Crippen molar-refractivity contribution in [1.29, 1.82) is 0 Å². The lowest BCUT2D eigenvalue weighted by atomic mass is 9.90. The van der Waals surface area contributed by atoms with Crippen molar-refractivity contribution in [2.24, 2.45) is 0 Å². The molecule has 2 heterocycles. The van der Waals surface area contributed by atoms with Crippen LogP contribution in [0.2, 0.25) is 0 Å². The van der Waals surface area contributed by atoms with E-state index in [-0.39, 0.29) is 30.9 Å². The Morgan fingerprint density at radius 1 is 1.09 bits per heavy atom. The van der Waals surface area contributed by atoms with Gasteiger partial charge >= 0.3 is 0 Å². The van der Waals surface area contributed by atoms with E-state index in [0.29, 0.717) is 18.0 Å². The summed E-state index contributed by atoms with van der Waals surface area (Å²) in [5.41, 5.74) is 4.53. The van der Waals surface area contributed by atoms with Crippen LogP contribution in [0.1, 0.15) is 61.9 Å². The van der Waals surface area contributed by atoms with Gasteiger partial charge in [-0.1, -0.05) is 24.3 Å². The Morgan fingerprint density at radius 3 is 2.75 bits per heavy atom. The lowest BCUT2D eigenvalue weighted by Crippen LogP contribution is -2.29. The van der Waals surface area contributed by atoms with E-state index in [1.165, 1.54) is 35.3 Å². The molecule has 6 heteroatoms. The minimum atomic E-state index is -0.144. The van der Waals surface area contributed by atoms with Gasteiger partial charge in [0.2, 0.25) is 0 Å². The first kappa shape index (κ1) is 21.2. The molecule has 5 nitrogen and oxygen atoms in total. The first-order valence-electron chi connectivity index (χ1n) is 11.5. The van der Waals surface area contributed by atoms with E-state index in [9.17, 15) is 9.59 Å². The summed E-state index contributed by atoms with van der Waals surface area (Å²) in [4.78, 5) is 28.8. The third-order valence-electron chi connectivity index (χ3n) is 6.72. The van der Waals surface area contributed by atoms with Gasteiger partial charge < -0.3 is 15.3 Å². The highest BCUT2D eigenvalue weighted by molar-refractivity contribution is 7.21. The second-order valence-electron chi connectivity index (χ2n) is 8.75. The molecule has 2 N–H and O–H groups in total. The van der Waals surface area contributed by atoms with Crippen LogP contribution in [-0.2, 0) is 12.8 Å². The van der Waals surface area contributed by atoms with E-state index in [4.69, 9.17) is 5.11 Å². The van der Waals surface area contributed by atoms with Crippen LogP contribution in [0.15, 0.2) is 42.5 Å². The average Bonchev–Trinajstić information content (AvgIpc) is 3.46. The summed E-state index contributed by atoms with van der Waals surface area (Å²) >= 11 is 1.49. The van der Waals surface area contributed by atoms with Gasteiger partial charge in [0.1, 0.15) is 0 Å². The normalized spacial score (nSPS) is 18.0. The quantitative estimate of drug-likeness (QED) is 0.617. The molecule has 32 heavy (non-hydrogen) atoms. The maximum absolute atomic E-state index is 13.3. The Bertz CT molecular complexity index is 1170. The molecule has 0 radical (unpaired) electrons. The molecular weight excluding hydrogens is 420 g/mol. The molecule has 1 aliphatic carbocycles. The Kier molecular flexibility index (Phi) is 5.98. The third-order valence-corrected chi connectivity index (χ3v) is 7.90. The number of hydrogen-bond donors (Lipinski definition) is 2. The minimum Gasteiger partial charge on any atom is -0.395 e. The van der Waals surface area contributed by atoms with Crippen LogP contribution >= 0.6 is 11.3 Å². The number of nitrogens with zero attached hydrogens (tertiary/aromatic N) is 1. The Morgan fingerprint density at radius 2 is 1.91 bits per heavy atom. The van der Waals surface area contributed by atoms with E-state index >= 15 is 0 Å². The van der Waals surface area contributed by atoms with Crippen LogP contribution in [0, 0.1) is 0 Å². The first-order valence-corrected chi connectivity index (χ1v) is 12.3. The molecule has 0 bridgehead atoms. The second kappa shape index (κ2) is 9.04. The van der Waals surface area contributed by atoms with Crippen LogP contribution in [0.5, 0.6) is 0 Å². The Hall–Kier alpha value is -2.70. The van der Waals surface area contributed by atoms with Gasteiger partial charge in [-0.05, 0) is 72.4 Å². The molecule has 5 rings (SSSR count). The van der Waals surface area contributed by atoms with Gasteiger partial charge in [-0.25, -0.2) is 0 Å². The van der Waals surface area contributed by atoms with E-state index in [0.717, 1.165) is 40.5 Å². The summed E-state index contributed by atoms with van der Waals surface area (Å²) in [7, 11) is 0. The number of carbonyl (C=O) groups excluding carboxylic acids is 2. The monoisotopic (exact) mass is 448 g/mol. The maximum Gasteiger partial charge on any atom is 0.261 e. The van der Waals surface area contributed by atoms with Crippen molar-refractivity contribution in [2.45, 2.75) is 38.0 Å². The van der Waals surface area contributed by atoms with E-state index in [1.54, 1.807) is 0 Å². The van der Waals surface area contributed by atoms with Gasteiger partial charge in [-0.15, -0.1) is 11.3 Å². The molecule has 2 amide bonds. The highest BCUT2D eigenvalue weighted by Crippen LogP contribution is 2.40. The minimum absolute atomic E-state index is 0.0849. The van der Waals surface area contributed by atoms with Gasteiger partial charge in [0, 0.05) is 35.8 Å². The molecule has 2 aromatic carbocycles. The smallest absolute Gasteiger partial charge is 0.261 e. The summed E-state index contributed by atoms with van der Waals surface area (Å²) in [5.74, 6) is 0.0732. The predicted molar refractivity (Wildman–Crippen MR) is 128 cm³/mol. The molecule has 0 unspecified atom stereocenters. The Balaban J connectivity index is 1.40. The molecule has 1 aliphatic heterocycles. The van der Waals surface area contributed by atoms with Gasteiger partial charge in [0.25, 0.3) is 11.8 Å². The number of rotatable bonds is 5. The van der Waals surface area contributed by atoms with Crippen molar-refractivity contribution < 1.29 is 14.7 Å².